The summed E-state index contributed by atoms with van der Waals surface area (Å²) in [4.78, 5) is 5.33. The Morgan fingerprint density at radius 3 is 1.96 bits per heavy atom. The second-order valence-electron chi connectivity index (χ2n) is 13.7. The molecule has 8 aromatic carbocycles. The summed E-state index contributed by atoms with van der Waals surface area (Å²) in [6, 6.07) is 62.6. The highest BCUT2D eigenvalue weighted by atomic mass is 16.5. The first-order chi connectivity index (χ1) is 25.7. The molecule has 1 aliphatic heterocycles. The van der Waals surface area contributed by atoms with Crippen LogP contribution >= 0.6 is 0 Å². The summed E-state index contributed by atoms with van der Waals surface area (Å²) in [7, 11) is 0. The number of fused-ring (bicyclic) bond motifs is 11. The van der Waals surface area contributed by atoms with Crippen molar-refractivity contribution in [2.24, 2.45) is 0 Å². The van der Waals surface area contributed by atoms with Crippen molar-refractivity contribution in [1.82, 2.24) is 9.55 Å². The minimum Gasteiger partial charge on any atom is -0.457 e. The number of rotatable bonds is 3. The van der Waals surface area contributed by atoms with Gasteiger partial charge in [-0.25, -0.2) is 4.98 Å². The van der Waals surface area contributed by atoms with Gasteiger partial charge in [0.1, 0.15) is 17.3 Å². The van der Waals surface area contributed by atoms with E-state index in [0.29, 0.717) is 0 Å². The SMILES string of the molecule is Nc1ccc(-c2ccc3c(c2)-c2c(-n4c(-c5ccc6ccccc6c5)nc5ccccc54)cccc2C32c3ccccc3Oc3ccccc32)cc1. The van der Waals surface area contributed by atoms with Gasteiger partial charge in [-0.15, -0.1) is 0 Å². The summed E-state index contributed by atoms with van der Waals surface area (Å²) in [5.74, 6) is 2.65. The van der Waals surface area contributed by atoms with Gasteiger partial charge in [-0.05, 0) is 93.2 Å². The van der Waals surface area contributed by atoms with E-state index in [1.165, 1.54) is 33.0 Å². The fourth-order valence-corrected chi connectivity index (χ4v) is 8.77. The van der Waals surface area contributed by atoms with Crippen LogP contribution in [0.5, 0.6) is 11.5 Å². The lowest BCUT2D eigenvalue weighted by Gasteiger charge is -2.39. The smallest absolute Gasteiger partial charge is 0.145 e. The molecule has 0 saturated heterocycles. The third-order valence-electron chi connectivity index (χ3n) is 11.0. The van der Waals surface area contributed by atoms with Crippen LogP contribution in [0.1, 0.15) is 22.3 Å². The van der Waals surface area contributed by atoms with E-state index in [2.05, 4.69) is 168 Å². The molecule has 2 heterocycles. The van der Waals surface area contributed by atoms with Crippen molar-refractivity contribution < 1.29 is 4.74 Å². The van der Waals surface area contributed by atoms with Crippen molar-refractivity contribution in [3.63, 3.8) is 0 Å². The molecule has 244 valence electrons. The molecule has 1 spiro atoms. The number of nitrogens with zero attached hydrogens (tertiary/aromatic N) is 2. The van der Waals surface area contributed by atoms with E-state index in [0.717, 1.165) is 67.5 Å². The predicted molar refractivity (Wildman–Crippen MR) is 211 cm³/mol. The molecule has 52 heavy (non-hydrogen) atoms. The number of hydrogen-bond acceptors (Lipinski definition) is 3. The topological polar surface area (TPSA) is 53.1 Å². The molecule has 0 atom stereocenters. The van der Waals surface area contributed by atoms with Crippen LogP contribution in [0.25, 0.3) is 61.1 Å². The Balaban J connectivity index is 1.27. The third kappa shape index (κ3) is 3.95. The number of benzene rings is 8. The summed E-state index contributed by atoms with van der Waals surface area (Å²) in [6.45, 7) is 0. The number of hydrogen-bond donors (Lipinski definition) is 1. The van der Waals surface area contributed by atoms with Gasteiger partial charge in [0.25, 0.3) is 0 Å². The molecule has 0 amide bonds. The molecular formula is C48H31N3O. The van der Waals surface area contributed by atoms with E-state index < -0.39 is 5.41 Å². The van der Waals surface area contributed by atoms with Crippen molar-refractivity contribution >= 4 is 27.5 Å². The molecule has 0 saturated carbocycles. The number of anilines is 1. The largest absolute Gasteiger partial charge is 0.457 e. The van der Waals surface area contributed by atoms with Crippen LogP contribution in [0.3, 0.4) is 0 Å². The average Bonchev–Trinajstić information content (AvgIpc) is 3.72. The Labute approximate surface area is 301 Å². The molecule has 11 rings (SSSR count). The van der Waals surface area contributed by atoms with E-state index >= 15 is 0 Å². The summed E-state index contributed by atoms with van der Waals surface area (Å²) in [5, 5.41) is 2.39. The van der Waals surface area contributed by atoms with Crippen LogP contribution in [-0.4, -0.2) is 9.55 Å². The van der Waals surface area contributed by atoms with Gasteiger partial charge < -0.3 is 10.5 Å². The maximum absolute atomic E-state index is 6.64. The molecule has 1 aliphatic carbocycles. The Bertz CT molecular complexity index is 2860. The summed E-state index contributed by atoms with van der Waals surface area (Å²) in [6.07, 6.45) is 0. The molecule has 0 fully saturated rings. The van der Waals surface area contributed by atoms with Crippen LogP contribution in [-0.2, 0) is 5.41 Å². The van der Waals surface area contributed by atoms with Crippen molar-refractivity contribution in [3.05, 3.63) is 198 Å². The molecule has 1 aromatic heterocycles. The second kappa shape index (κ2) is 10.8. The van der Waals surface area contributed by atoms with E-state index in [9.17, 15) is 0 Å². The Hall–Kier alpha value is -6.91. The Morgan fingerprint density at radius 1 is 0.500 bits per heavy atom. The zero-order chi connectivity index (χ0) is 34.4. The zero-order valence-corrected chi connectivity index (χ0v) is 28.1. The lowest BCUT2D eigenvalue weighted by Crippen LogP contribution is -2.32. The minimum atomic E-state index is -0.606. The van der Waals surface area contributed by atoms with Crippen LogP contribution in [0, 0.1) is 0 Å². The fourth-order valence-electron chi connectivity index (χ4n) is 8.77. The van der Waals surface area contributed by atoms with Gasteiger partial charge in [0, 0.05) is 27.9 Å². The van der Waals surface area contributed by atoms with Crippen molar-refractivity contribution in [2.75, 3.05) is 5.73 Å². The van der Waals surface area contributed by atoms with Crippen LogP contribution in [0.2, 0.25) is 0 Å². The lowest BCUT2D eigenvalue weighted by atomic mass is 9.66. The van der Waals surface area contributed by atoms with E-state index in [1.807, 2.05) is 12.1 Å². The van der Waals surface area contributed by atoms with Crippen molar-refractivity contribution in [3.8, 4) is 50.8 Å². The molecule has 9 aromatic rings. The van der Waals surface area contributed by atoms with E-state index in [4.69, 9.17) is 15.5 Å². The number of imidazole rings is 1. The number of nitrogens with two attached hydrogens (primary N) is 1. The Morgan fingerprint density at radius 2 is 1.15 bits per heavy atom. The molecular weight excluding hydrogens is 635 g/mol. The Kier molecular flexibility index (Phi) is 5.99. The van der Waals surface area contributed by atoms with Gasteiger partial charge in [-0.2, -0.15) is 0 Å². The van der Waals surface area contributed by atoms with E-state index in [-0.39, 0.29) is 0 Å². The van der Waals surface area contributed by atoms with Crippen LogP contribution < -0.4 is 10.5 Å². The van der Waals surface area contributed by atoms with Crippen LogP contribution in [0.15, 0.2) is 176 Å². The maximum Gasteiger partial charge on any atom is 0.145 e. The zero-order valence-electron chi connectivity index (χ0n) is 28.1. The highest BCUT2D eigenvalue weighted by molar-refractivity contribution is 5.97. The van der Waals surface area contributed by atoms with Crippen molar-refractivity contribution in [1.29, 1.82) is 0 Å². The maximum atomic E-state index is 6.64. The number of aromatic nitrogens is 2. The molecule has 2 N–H and O–H groups in total. The highest BCUT2D eigenvalue weighted by Gasteiger charge is 2.52. The standard InChI is InChI=1S/C48H31N3O/c49-35-25-22-31(23-26-35)33-24-27-37-36(29-33)46-40(48(37)38-12-3-7-18-44(38)52-45-19-8-4-13-39(45)48)14-9-17-43(46)51-42-16-6-5-15-41(42)50-47(51)34-21-20-30-10-1-2-11-32(30)28-34/h1-29H,49H2. The quantitative estimate of drug-likeness (QED) is 0.191. The number of ether oxygens (including phenoxy) is 1. The molecule has 4 heteroatoms. The predicted octanol–water partition coefficient (Wildman–Crippen LogP) is 11.6. The van der Waals surface area contributed by atoms with E-state index in [1.54, 1.807) is 0 Å². The molecule has 2 aliphatic rings. The number of para-hydroxylation sites is 4. The summed E-state index contributed by atoms with van der Waals surface area (Å²) >= 11 is 0. The van der Waals surface area contributed by atoms with Crippen LogP contribution in [0.4, 0.5) is 5.69 Å². The van der Waals surface area contributed by atoms with Gasteiger partial charge in [0.2, 0.25) is 0 Å². The first-order valence-corrected chi connectivity index (χ1v) is 17.7. The summed E-state index contributed by atoms with van der Waals surface area (Å²) in [5.41, 5.74) is 19.8. The highest BCUT2D eigenvalue weighted by Crippen LogP contribution is 2.63. The number of nitrogen functional groups attached to an aromatic ring is 1. The van der Waals surface area contributed by atoms with Gasteiger partial charge in [-0.3, -0.25) is 4.57 Å². The lowest BCUT2D eigenvalue weighted by molar-refractivity contribution is 0.436. The monoisotopic (exact) mass is 665 g/mol. The van der Waals surface area contributed by atoms with Gasteiger partial charge in [-0.1, -0.05) is 121 Å². The molecule has 0 radical (unpaired) electrons. The van der Waals surface area contributed by atoms with Gasteiger partial charge >= 0.3 is 0 Å². The normalized spacial score (nSPS) is 13.4. The minimum absolute atomic E-state index is 0.606. The third-order valence-corrected chi connectivity index (χ3v) is 11.0. The molecule has 0 bridgehead atoms. The summed E-state index contributed by atoms with van der Waals surface area (Å²) < 4.78 is 9.01. The second-order valence-corrected chi connectivity index (χ2v) is 13.7. The van der Waals surface area contributed by atoms with Crippen molar-refractivity contribution in [2.45, 2.75) is 5.41 Å². The average molecular weight is 666 g/mol. The molecule has 4 nitrogen and oxygen atoms in total. The fraction of sp³-hybridized carbons (Fsp3) is 0.0208. The molecule has 0 unspecified atom stereocenters. The van der Waals surface area contributed by atoms with Gasteiger partial charge in [0.05, 0.1) is 22.1 Å². The first kappa shape index (κ1) is 28.9. The van der Waals surface area contributed by atoms with Gasteiger partial charge in [0.15, 0.2) is 0 Å². The first-order valence-electron chi connectivity index (χ1n) is 17.7.